The number of hydrogen-bond acceptors (Lipinski definition) is 2. The summed E-state index contributed by atoms with van der Waals surface area (Å²) in [4.78, 5) is 4.57. The van der Waals surface area contributed by atoms with Crippen LogP contribution in [0.2, 0.25) is 5.02 Å². The second-order valence-electron chi connectivity index (χ2n) is 4.82. The standard InChI is InChI=1S/C16H16ClN3/c1-12(14-6-2-3-7-15(14)17)18-10-13-11-20-9-5-4-8-16(20)19-13/h2-9,11-12,18H,10H2,1H3/t12-/m0/s1. The molecule has 0 amide bonds. The molecule has 0 spiro atoms. The summed E-state index contributed by atoms with van der Waals surface area (Å²) in [6.07, 6.45) is 4.05. The minimum Gasteiger partial charge on any atom is -0.307 e. The van der Waals surface area contributed by atoms with E-state index < -0.39 is 0 Å². The van der Waals surface area contributed by atoms with Crippen molar-refractivity contribution in [2.75, 3.05) is 0 Å². The fourth-order valence-electron chi connectivity index (χ4n) is 2.27. The van der Waals surface area contributed by atoms with Gasteiger partial charge in [-0.1, -0.05) is 35.9 Å². The summed E-state index contributed by atoms with van der Waals surface area (Å²) >= 11 is 6.21. The summed E-state index contributed by atoms with van der Waals surface area (Å²) in [5.74, 6) is 0. The largest absolute Gasteiger partial charge is 0.307 e. The Morgan fingerprint density at radius 2 is 2.00 bits per heavy atom. The van der Waals surface area contributed by atoms with E-state index >= 15 is 0 Å². The van der Waals surface area contributed by atoms with Crippen LogP contribution in [0.1, 0.15) is 24.2 Å². The van der Waals surface area contributed by atoms with Gasteiger partial charge in [0.1, 0.15) is 5.65 Å². The van der Waals surface area contributed by atoms with Gasteiger partial charge in [-0.2, -0.15) is 0 Å². The summed E-state index contributed by atoms with van der Waals surface area (Å²) in [6.45, 7) is 2.82. The molecule has 102 valence electrons. The van der Waals surface area contributed by atoms with Crippen molar-refractivity contribution in [3.63, 3.8) is 0 Å². The topological polar surface area (TPSA) is 29.3 Å². The fourth-order valence-corrected chi connectivity index (χ4v) is 2.57. The van der Waals surface area contributed by atoms with E-state index in [9.17, 15) is 0 Å². The number of fused-ring (bicyclic) bond motifs is 1. The Kier molecular flexibility index (Phi) is 3.72. The summed E-state index contributed by atoms with van der Waals surface area (Å²) in [6, 6.07) is 14.1. The Bertz CT molecular complexity index is 687. The minimum absolute atomic E-state index is 0.188. The van der Waals surface area contributed by atoms with Crippen molar-refractivity contribution in [2.45, 2.75) is 19.5 Å². The van der Waals surface area contributed by atoms with Crippen LogP contribution in [0.15, 0.2) is 54.9 Å². The van der Waals surface area contributed by atoms with E-state index in [0.29, 0.717) is 6.54 Å². The number of halogens is 1. The molecule has 1 N–H and O–H groups in total. The van der Waals surface area contributed by atoms with E-state index in [4.69, 9.17) is 11.6 Å². The van der Waals surface area contributed by atoms with E-state index in [2.05, 4.69) is 17.2 Å². The molecule has 4 heteroatoms. The summed E-state index contributed by atoms with van der Waals surface area (Å²) in [5.41, 5.74) is 3.10. The van der Waals surface area contributed by atoms with Crippen molar-refractivity contribution in [1.29, 1.82) is 0 Å². The van der Waals surface area contributed by atoms with Gasteiger partial charge in [-0.3, -0.25) is 0 Å². The van der Waals surface area contributed by atoms with Gasteiger partial charge in [0.05, 0.1) is 5.69 Å². The lowest BCUT2D eigenvalue weighted by molar-refractivity contribution is 0.569. The van der Waals surface area contributed by atoms with E-state index in [1.807, 2.05) is 59.3 Å². The monoisotopic (exact) mass is 285 g/mol. The Morgan fingerprint density at radius 3 is 2.80 bits per heavy atom. The molecular formula is C16H16ClN3. The number of nitrogens with zero attached hydrogens (tertiary/aromatic N) is 2. The number of aromatic nitrogens is 2. The van der Waals surface area contributed by atoms with E-state index in [1.54, 1.807) is 0 Å². The van der Waals surface area contributed by atoms with Crippen LogP contribution in [0.25, 0.3) is 5.65 Å². The predicted octanol–water partition coefficient (Wildman–Crippen LogP) is 3.84. The van der Waals surface area contributed by atoms with Crippen LogP contribution in [0.4, 0.5) is 0 Å². The van der Waals surface area contributed by atoms with Crippen molar-refractivity contribution in [3.8, 4) is 0 Å². The summed E-state index contributed by atoms with van der Waals surface area (Å²) < 4.78 is 2.02. The molecule has 3 nitrogen and oxygen atoms in total. The molecule has 2 aromatic heterocycles. The third-order valence-corrected chi connectivity index (χ3v) is 3.72. The zero-order chi connectivity index (χ0) is 13.9. The Labute approximate surface area is 123 Å². The summed E-state index contributed by atoms with van der Waals surface area (Å²) in [7, 11) is 0. The van der Waals surface area contributed by atoms with Gasteiger partial charge in [0, 0.05) is 30.0 Å². The van der Waals surface area contributed by atoms with Crippen LogP contribution in [0.5, 0.6) is 0 Å². The van der Waals surface area contributed by atoms with Crippen LogP contribution >= 0.6 is 11.6 Å². The highest BCUT2D eigenvalue weighted by atomic mass is 35.5. The normalized spacial score (nSPS) is 12.7. The molecule has 0 aliphatic rings. The zero-order valence-electron chi connectivity index (χ0n) is 11.3. The van der Waals surface area contributed by atoms with Crippen molar-refractivity contribution in [2.24, 2.45) is 0 Å². The molecule has 0 saturated carbocycles. The van der Waals surface area contributed by atoms with Crippen LogP contribution in [0.3, 0.4) is 0 Å². The smallest absolute Gasteiger partial charge is 0.137 e. The van der Waals surface area contributed by atoms with Gasteiger partial charge in [-0.15, -0.1) is 0 Å². The summed E-state index contributed by atoms with van der Waals surface area (Å²) in [5, 5.41) is 4.25. The van der Waals surface area contributed by atoms with Crippen molar-refractivity contribution in [3.05, 3.63) is 71.1 Å². The molecule has 3 rings (SSSR count). The maximum atomic E-state index is 6.21. The van der Waals surface area contributed by atoms with Crippen LogP contribution < -0.4 is 5.32 Å². The highest BCUT2D eigenvalue weighted by molar-refractivity contribution is 6.31. The third-order valence-electron chi connectivity index (χ3n) is 3.37. The van der Waals surface area contributed by atoms with Gasteiger partial charge in [0.2, 0.25) is 0 Å². The molecular weight excluding hydrogens is 270 g/mol. The predicted molar refractivity (Wildman–Crippen MR) is 81.9 cm³/mol. The second-order valence-corrected chi connectivity index (χ2v) is 5.23. The van der Waals surface area contributed by atoms with Crippen molar-refractivity contribution >= 4 is 17.2 Å². The molecule has 0 bridgehead atoms. The lowest BCUT2D eigenvalue weighted by Crippen LogP contribution is -2.18. The fraction of sp³-hybridized carbons (Fsp3) is 0.188. The average Bonchev–Trinajstić information content (AvgIpc) is 2.88. The number of nitrogens with one attached hydrogen (secondary N) is 1. The molecule has 1 aromatic carbocycles. The number of hydrogen-bond donors (Lipinski definition) is 1. The highest BCUT2D eigenvalue weighted by Crippen LogP contribution is 2.22. The maximum Gasteiger partial charge on any atom is 0.137 e. The number of rotatable bonds is 4. The van der Waals surface area contributed by atoms with Crippen LogP contribution in [0, 0.1) is 0 Å². The minimum atomic E-state index is 0.188. The molecule has 0 aliphatic heterocycles. The molecule has 0 fully saturated rings. The third kappa shape index (κ3) is 2.69. The van der Waals surface area contributed by atoms with Gasteiger partial charge in [0.15, 0.2) is 0 Å². The maximum absolute atomic E-state index is 6.21. The van der Waals surface area contributed by atoms with Gasteiger partial charge < -0.3 is 9.72 Å². The average molecular weight is 286 g/mol. The van der Waals surface area contributed by atoms with Crippen LogP contribution in [-0.2, 0) is 6.54 Å². The molecule has 0 radical (unpaired) electrons. The zero-order valence-corrected chi connectivity index (χ0v) is 12.0. The van der Waals surface area contributed by atoms with Gasteiger partial charge in [0.25, 0.3) is 0 Å². The van der Waals surface area contributed by atoms with Gasteiger partial charge in [-0.25, -0.2) is 4.98 Å². The first-order valence-electron chi connectivity index (χ1n) is 6.64. The first kappa shape index (κ1) is 13.2. The highest BCUT2D eigenvalue weighted by Gasteiger charge is 2.09. The Hall–Kier alpha value is -1.84. The van der Waals surface area contributed by atoms with E-state index in [0.717, 1.165) is 21.9 Å². The molecule has 0 aliphatic carbocycles. The number of pyridine rings is 1. The van der Waals surface area contributed by atoms with Gasteiger partial charge in [-0.05, 0) is 30.7 Å². The number of benzene rings is 1. The van der Waals surface area contributed by atoms with Crippen molar-refractivity contribution < 1.29 is 0 Å². The van der Waals surface area contributed by atoms with E-state index in [-0.39, 0.29) is 6.04 Å². The molecule has 0 saturated heterocycles. The van der Waals surface area contributed by atoms with Crippen molar-refractivity contribution in [1.82, 2.24) is 14.7 Å². The first-order valence-corrected chi connectivity index (χ1v) is 7.02. The molecule has 1 atom stereocenters. The van der Waals surface area contributed by atoms with E-state index in [1.165, 1.54) is 0 Å². The Balaban J connectivity index is 1.71. The van der Waals surface area contributed by atoms with Gasteiger partial charge >= 0.3 is 0 Å². The molecule has 2 heterocycles. The lowest BCUT2D eigenvalue weighted by Gasteiger charge is -2.14. The first-order chi connectivity index (χ1) is 9.74. The SMILES string of the molecule is C[C@H](NCc1cn2ccccc2n1)c1ccccc1Cl. The quantitative estimate of drug-likeness (QED) is 0.789. The second kappa shape index (κ2) is 5.65. The molecule has 0 unspecified atom stereocenters. The number of imidazole rings is 1. The van der Waals surface area contributed by atoms with Crippen LogP contribution in [-0.4, -0.2) is 9.38 Å². The molecule has 20 heavy (non-hydrogen) atoms. The lowest BCUT2D eigenvalue weighted by atomic mass is 10.1. The Morgan fingerprint density at radius 1 is 1.20 bits per heavy atom. The molecule has 3 aromatic rings.